The topological polar surface area (TPSA) is 52.6 Å². The number of benzene rings is 1. The van der Waals surface area contributed by atoms with Gasteiger partial charge in [0.05, 0.1) is 25.0 Å². The van der Waals surface area contributed by atoms with Gasteiger partial charge in [-0.3, -0.25) is 9.59 Å². The monoisotopic (exact) mass is 328 g/mol. The zero-order valence-corrected chi connectivity index (χ0v) is 14.3. The lowest BCUT2D eigenvalue weighted by Gasteiger charge is -2.64. The lowest BCUT2D eigenvalue weighted by Crippen LogP contribution is -2.63. The number of rotatable bonds is 3. The molecule has 0 N–H and O–H groups in total. The van der Waals surface area contributed by atoms with Crippen LogP contribution in [0.4, 0.5) is 0 Å². The van der Waals surface area contributed by atoms with E-state index in [2.05, 4.69) is 12.1 Å². The van der Waals surface area contributed by atoms with E-state index < -0.39 is 10.8 Å². The highest BCUT2D eigenvalue weighted by Gasteiger charge is 2.69. The first-order valence-electron chi connectivity index (χ1n) is 8.70. The SMILES string of the molecule is COC(=O)C12CC3CC(c4ccccc4)(C1)C[C@@](C(=O)OC)(C3)C2. The molecule has 0 spiro atoms. The smallest absolute Gasteiger partial charge is 0.311 e. The summed E-state index contributed by atoms with van der Waals surface area (Å²) < 4.78 is 10.4. The third-order valence-electron chi connectivity index (χ3n) is 6.69. The number of methoxy groups -OCH3 is 2. The second-order valence-corrected chi connectivity index (χ2v) is 8.20. The van der Waals surface area contributed by atoms with Crippen LogP contribution in [0.25, 0.3) is 0 Å². The van der Waals surface area contributed by atoms with E-state index in [-0.39, 0.29) is 17.4 Å². The van der Waals surface area contributed by atoms with Crippen molar-refractivity contribution in [1.29, 1.82) is 0 Å². The second-order valence-electron chi connectivity index (χ2n) is 8.20. The number of esters is 2. The molecule has 3 unspecified atom stereocenters. The van der Waals surface area contributed by atoms with Crippen molar-refractivity contribution >= 4 is 11.9 Å². The van der Waals surface area contributed by atoms with E-state index in [0.717, 1.165) is 32.1 Å². The zero-order chi connectivity index (χ0) is 17.0. The van der Waals surface area contributed by atoms with E-state index >= 15 is 0 Å². The number of carbonyl (C=O) groups is 2. The highest BCUT2D eigenvalue weighted by Crippen LogP contribution is 2.70. The van der Waals surface area contributed by atoms with Gasteiger partial charge in [-0.05, 0) is 55.4 Å². The maximum Gasteiger partial charge on any atom is 0.311 e. The molecule has 0 saturated heterocycles. The number of carbonyl (C=O) groups excluding carboxylic acids is 2. The summed E-state index contributed by atoms with van der Waals surface area (Å²) in [6.45, 7) is 0. The Kier molecular flexibility index (Phi) is 3.32. The molecule has 24 heavy (non-hydrogen) atoms. The first-order valence-corrected chi connectivity index (χ1v) is 8.70. The van der Waals surface area contributed by atoms with Crippen LogP contribution >= 0.6 is 0 Å². The first-order chi connectivity index (χ1) is 11.5. The largest absolute Gasteiger partial charge is 0.469 e. The van der Waals surface area contributed by atoms with Gasteiger partial charge in [0.25, 0.3) is 0 Å². The third kappa shape index (κ3) is 1.98. The fraction of sp³-hybridized carbons (Fsp3) is 0.600. The van der Waals surface area contributed by atoms with Crippen molar-refractivity contribution in [2.75, 3.05) is 14.2 Å². The molecular formula is C20H24O4. The molecule has 4 nitrogen and oxygen atoms in total. The van der Waals surface area contributed by atoms with Crippen LogP contribution < -0.4 is 0 Å². The van der Waals surface area contributed by atoms with Crippen molar-refractivity contribution in [1.82, 2.24) is 0 Å². The summed E-state index contributed by atoms with van der Waals surface area (Å²) in [7, 11) is 2.92. The van der Waals surface area contributed by atoms with Crippen LogP contribution in [0.1, 0.15) is 44.1 Å². The van der Waals surface area contributed by atoms with Gasteiger partial charge >= 0.3 is 11.9 Å². The summed E-state index contributed by atoms with van der Waals surface area (Å²) in [5, 5.41) is 0. The van der Waals surface area contributed by atoms with E-state index in [4.69, 9.17) is 9.47 Å². The van der Waals surface area contributed by atoms with Crippen LogP contribution in [-0.4, -0.2) is 26.2 Å². The van der Waals surface area contributed by atoms with Crippen LogP contribution in [0.3, 0.4) is 0 Å². The van der Waals surface area contributed by atoms with E-state index in [1.54, 1.807) is 0 Å². The van der Waals surface area contributed by atoms with Crippen molar-refractivity contribution in [3.63, 3.8) is 0 Å². The summed E-state index contributed by atoms with van der Waals surface area (Å²) in [5.74, 6) is 0.0695. The molecule has 5 rings (SSSR count). The molecular weight excluding hydrogens is 304 g/mol. The van der Waals surface area contributed by atoms with Gasteiger partial charge in [0, 0.05) is 0 Å². The number of ether oxygens (including phenoxy) is 2. The van der Waals surface area contributed by atoms with Crippen LogP contribution in [-0.2, 0) is 24.5 Å². The predicted molar refractivity (Wildman–Crippen MR) is 88.2 cm³/mol. The van der Waals surface area contributed by atoms with Crippen molar-refractivity contribution in [2.45, 2.75) is 43.9 Å². The predicted octanol–water partition coefficient (Wildman–Crippen LogP) is 3.24. The summed E-state index contributed by atoms with van der Waals surface area (Å²) in [4.78, 5) is 25.4. The van der Waals surface area contributed by atoms with Gasteiger partial charge in [-0.25, -0.2) is 0 Å². The average Bonchev–Trinajstić information content (AvgIpc) is 2.60. The Morgan fingerprint density at radius 3 is 1.92 bits per heavy atom. The lowest BCUT2D eigenvalue weighted by molar-refractivity contribution is -0.195. The second kappa shape index (κ2) is 5.08. The molecule has 4 bridgehead atoms. The molecule has 0 aromatic heterocycles. The molecule has 0 aliphatic heterocycles. The zero-order valence-electron chi connectivity index (χ0n) is 14.3. The Hall–Kier alpha value is -1.84. The maximum absolute atomic E-state index is 12.7. The van der Waals surface area contributed by atoms with E-state index in [0.29, 0.717) is 12.3 Å². The van der Waals surface area contributed by atoms with E-state index in [1.165, 1.54) is 19.8 Å². The highest BCUT2D eigenvalue weighted by atomic mass is 16.5. The summed E-state index contributed by atoms with van der Waals surface area (Å²) >= 11 is 0. The molecule has 1 aromatic rings. The summed E-state index contributed by atoms with van der Waals surface area (Å²) in [5.41, 5.74) is 0.0371. The molecule has 4 fully saturated rings. The molecule has 4 heteroatoms. The average molecular weight is 328 g/mol. The Balaban J connectivity index is 1.86. The molecule has 0 radical (unpaired) electrons. The van der Waals surface area contributed by atoms with Gasteiger partial charge in [0.2, 0.25) is 0 Å². The number of hydrogen-bond acceptors (Lipinski definition) is 4. The van der Waals surface area contributed by atoms with E-state index in [1.807, 2.05) is 18.2 Å². The Labute approximate surface area is 142 Å². The van der Waals surface area contributed by atoms with Crippen LogP contribution in [0, 0.1) is 16.7 Å². The van der Waals surface area contributed by atoms with Crippen molar-refractivity contribution in [3.05, 3.63) is 35.9 Å². The summed E-state index contributed by atoms with van der Waals surface area (Å²) in [6.07, 6.45) is 4.87. The summed E-state index contributed by atoms with van der Waals surface area (Å²) in [6, 6.07) is 10.4. The molecule has 4 aliphatic carbocycles. The van der Waals surface area contributed by atoms with Gasteiger partial charge in [0.15, 0.2) is 0 Å². The molecule has 128 valence electrons. The lowest BCUT2D eigenvalue weighted by atomic mass is 9.38. The quantitative estimate of drug-likeness (QED) is 0.799. The van der Waals surface area contributed by atoms with Crippen LogP contribution in [0.15, 0.2) is 30.3 Å². The maximum atomic E-state index is 12.7. The van der Waals surface area contributed by atoms with Crippen LogP contribution in [0.2, 0.25) is 0 Å². The molecule has 0 heterocycles. The normalized spacial score (nSPS) is 39.5. The minimum Gasteiger partial charge on any atom is -0.469 e. The molecule has 1 aromatic carbocycles. The fourth-order valence-electron chi connectivity index (χ4n) is 6.44. The standard InChI is InChI=1S/C20H24O4/c1-23-16(21)19-9-14-8-18(11-19,15-6-4-3-5-7-15)12-20(10-14,13-19)17(22)24-2/h3-7,14H,8-13H2,1-2H3/t14?,18?,19-,20?/m0/s1. The first kappa shape index (κ1) is 15.7. The molecule has 4 aliphatic rings. The Morgan fingerprint density at radius 1 is 0.875 bits per heavy atom. The van der Waals surface area contributed by atoms with Gasteiger partial charge in [-0.1, -0.05) is 30.3 Å². The Morgan fingerprint density at radius 2 is 1.42 bits per heavy atom. The van der Waals surface area contributed by atoms with Crippen LogP contribution in [0.5, 0.6) is 0 Å². The minimum absolute atomic E-state index is 0.122. The fourth-order valence-corrected chi connectivity index (χ4v) is 6.44. The van der Waals surface area contributed by atoms with Gasteiger partial charge in [-0.15, -0.1) is 0 Å². The minimum atomic E-state index is -0.543. The van der Waals surface area contributed by atoms with Gasteiger partial charge in [-0.2, -0.15) is 0 Å². The van der Waals surface area contributed by atoms with Crippen molar-refractivity contribution in [2.24, 2.45) is 16.7 Å². The third-order valence-corrected chi connectivity index (χ3v) is 6.69. The van der Waals surface area contributed by atoms with Gasteiger partial charge < -0.3 is 9.47 Å². The van der Waals surface area contributed by atoms with Crippen molar-refractivity contribution in [3.8, 4) is 0 Å². The molecule has 4 saturated carbocycles. The van der Waals surface area contributed by atoms with E-state index in [9.17, 15) is 9.59 Å². The van der Waals surface area contributed by atoms with Crippen molar-refractivity contribution < 1.29 is 19.1 Å². The number of hydrogen-bond donors (Lipinski definition) is 0. The highest BCUT2D eigenvalue weighted by molar-refractivity contribution is 5.83. The molecule has 4 atom stereocenters. The molecule has 0 amide bonds. The Bertz CT molecular complexity index is 648. The van der Waals surface area contributed by atoms with Gasteiger partial charge in [0.1, 0.15) is 0 Å².